The highest BCUT2D eigenvalue weighted by Gasteiger charge is 2.38. The van der Waals surface area contributed by atoms with E-state index in [1.54, 1.807) is 0 Å². The molecule has 1 N–H and O–H groups in total. The Morgan fingerprint density at radius 1 is 1.25 bits per heavy atom. The van der Waals surface area contributed by atoms with Crippen molar-refractivity contribution < 1.29 is 14.3 Å². The molecule has 3 aliphatic rings. The van der Waals surface area contributed by atoms with Crippen molar-refractivity contribution in [3.05, 3.63) is 0 Å². The molecule has 112 valence electrons. The van der Waals surface area contributed by atoms with Crippen molar-refractivity contribution in [3.8, 4) is 0 Å². The number of carbonyl (C=O) groups is 2. The van der Waals surface area contributed by atoms with E-state index in [-0.39, 0.29) is 23.8 Å². The molecule has 3 rings (SSSR count). The van der Waals surface area contributed by atoms with E-state index in [1.807, 2.05) is 4.90 Å². The van der Waals surface area contributed by atoms with Crippen LogP contribution in [0.3, 0.4) is 0 Å². The maximum Gasteiger partial charge on any atom is 0.225 e. The van der Waals surface area contributed by atoms with Crippen LogP contribution in [-0.4, -0.2) is 48.6 Å². The summed E-state index contributed by atoms with van der Waals surface area (Å²) in [7, 11) is 0. The van der Waals surface area contributed by atoms with Crippen molar-refractivity contribution >= 4 is 11.8 Å². The molecule has 1 aliphatic carbocycles. The molecule has 20 heavy (non-hydrogen) atoms. The van der Waals surface area contributed by atoms with Crippen molar-refractivity contribution in [1.29, 1.82) is 0 Å². The van der Waals surface area contributed by atoms with Crippen LogP contribution >= 0.6 is 0 Å². The summed E-state index contributed by atoms with van der Waals surface area (Å²) < 4.78 is 5.50. The van der Waals surface area contributed by atoms with Gasteiger partial charge in [-0.1, -0.05) is 12.8 Å². The van der Waals surface area contributed by atoms with E-state index in [2.05, 4.69) is 5.32 Å². The number of nitrogens with one attached hydrogen (secondary N) is 1. The Labute approximate surface area is 120 Å². The average molecular weight is 280 g/mol. The lowest BCUT2D eigenvalue weighted by molar-refractivity contribution is -0.130. The van der Waals surface area contributed by atoms with Crippen LogP contribution in [0.15, 0.2) is 0 Å². The van der Waals surface area contributed by atoms with Crippen molar-refractivity contribution in [2.24, 2.45) is 5.92 Å². The number of hydrogen-bond donors (Lipinski definition) is 1. The van der Waals surface area contributed by atoms with Crippen LogP contribution in [-0.2, 0) is 14.3 Å². The van der Waals surface area contributed by atoms with E-state index in [9.17, 15) is 9.59 Å². The Hall–Kier alpha value is -1.10. The second-order valence-electron chi connectivity index (χ2n) is 6.27. The molecule has 0 spiro atoms. The van der Waals surface area contributed by atoms with Gasteiger partial charge < -0.3 is 15.0 Å². The van der Waals surface area contributed by atoms with Crippen LogP contribution in [0.25, 0.3) is 0 Å². The van der Waals surface area contributed by atoms with E-state index in [1.165, 1.54) is 12.8 Å². The highest BCUT2D eigenvalue weighted by atomic mass is 16.5. The maximum atomic E-state index is 12.2. The van der Waals surface area contributed by atoms with Gasteiger partial charge in [0, 0.05) is 32.2 Å². The summed E-state index contributed by atoms with van der Waals surface area (Å²) in [6, 6.07) is 0.387. The molecule has 0 aromatic rings. The fourth-order valence-electron chi connectivity index (χ4n) is 3.64. The van der Waals surface area contributed by atoms with E-state index >= 15 is 0 Å². The van der Waals surface area contributed by atoms with E-state index in [0.717, 1.165) is 32.3 Å². The third-order valence-electron chi connectivity index (χ3n) is 4.82. The minimum atomic E-state index is -0.162. The van der Waals surface area contributed by atoms with E-state index < -0.39 is 0 Å². The molecule has 2 atom stereocenters. The quantitative estimate of drug-likeness (QED) is 0.838. The molecule has 2 heterocycles. The van der Waals surface area contributed by atoms with Crippen LogP contribution in [0.4, 0.5) is 0 Å². The smallest absolute Gasteiger partial charge is 0.225 e. The van der Waals surface area contributed by atoms with Crippen molar-refractivity contribution in [2.75, 3.05) is 19.7 Å². The van der Waals surface area contributed by atoms with E-state index in [4.69, 9.17) is 4.74 Å². The number of nitrogens with zero attached hydrogens (tertiary/aromatic N) is 1. The number of rotatable bonds is 4. The van der Waals surface area contributed by atoms with Gasteiger partial charge in [0.15, 0.2) is 0 Å². The minimum absolute atomic E-state index is 0.0225. The first-order valence-electron chi connectivity index (χ1n) is 7.93. The van der Waals surface area contributed by atoms with Gasteiger partial charge in [0.2, 0.25) is 11.8 Å². The Morgan fingerprint density at radius 2 is 2.05 bits per heavy atom. The zero-order valence-electron chi connectivity index (χ0n) is 12.0. The number of ether oxygens (including phenoxy) is 1. The lowest BCUT2D eigenvalue weighted by Crippen LogP contribution is -2.39. The normalized spacial score (nSPS) is 31.2. The highest BCUT2D eigenvalue weighted by Crippen LogP contribution is 2.29. The molecule has 0 aromatic carbocycles. The molecule has 0 aromatic heterocycles. The molecule has 0 radical (unpaired) electrons. The summed E-state index contributed by atoms with van der Waals surface area (Å²) in [6.07, 6.45) is 7.30. The lowest BCUT2D eigenvalue weighted by Gasteiger charge is -2.24. The largest absolute Gasteiger partial charge is 0.376 e. The Morgan fingerprint density at radius 3 is 2.75 bits per heavy atom. The first kappa shape index (κ1) is 13.9. The number of amides is 2. The van der Waals surface area contributed by atoms with Gasteiger partial charge in [0.25, 0.3) is 0 Å². The molecule has 3 fully saturated rings. The van der Waals surface area contributed by atoms with Gasteiger partial charge in [-0.3, -0.25) is 9.59 Å². The van der Waals surface area contributed by atoms with Gasteiger partial charge in [-0.05, 0) is 25.7 Å². The van der Waals surface area contributed by atoms with Gasteiger partial charge >= 0.3 is 0 Å². The molecular formula is C15H24N2O3. The summed E-state index contributed by atoms with van der Waals surface area (Å²) in [5.74, 6) is 0.0213. The first-order valence-corrected chi connectivity index (χ1v) is 7.93. The summed E-state index contributed by atoms with van der Waals surface area (Å²) in [6.45, 7) is 2.01. The lowest BCUT2D eigenvalue weighted by atomic mass is 10.1. The monoisotopic (exact) mass is 280 g/mol. The van der Waals surface area contributed by atoms with Gasteiger partial charge in [-0.25, -0.2) is 0 Å². The van der Waals surface area contributed by atoms with Gasteiger partial charge in [0.1, 0.15) is 0 Å². The number of likely N-dealkylation sites (tertiary alicyclic amines) is 1. The minimum Gasteiger partial charge on any atom is -0.376 e. The molecule has 2 aliphatic heterocycles. The van der Waals surface area contributed by atoms with Crippen LogP contribution < -0.4 is 5.32 Å². The second kappa shape index (κ2) is 6.12. The van der Waals surface area contributed by atoms with Gasteiger partial charge in [-0.15, -0.1) is 0 Å². The van der Waals surface area contributed by atoms with Crippen LogP contribution in [0.1, 0.15) is 44.9 Å². The van der Waals surface area contributed by atoms with Crippen LogP contribution in [0.2, 0.25) is 0 Å². The molecule has 0 bridgehead atoms. The summed E-state index contributed by atoms with van der Waals surface area (Å²) in [5, 5.41) is 2.96. The Bertz CT molecular complexity index is 373. The molecular weight excluding hydrogens is 256 g/mol. The number of hydrogen-bond acceptors (Lipinski definition) is 3. The first-order chi connectivity index (χ1) is 9.74. The van der Waals surface area contributed by atoms with Gasteiger partial charge in [-0.2, -0.15) is 0 Å². The Balaban J connectivity index is 1.47. The van der Waals surface area contributed by atoms with Crippen molar-refractivity contribution in [2.45, 2.75) is 57.1 Å². The summed E-state index contributed by atoms with van der Waals surface area (Å²) in [4.78, 5) is 26.2. The molecule has 0 unspecified atom stereocenters. The summed E-state index contributed by atoms with van der Waals surface area (Å²) in [5.41, 5.74) is 0. The topological polar surface area (TPSA) is 58.6 Å². The highest BCUT2D eigenvalue weighted by molar-refractivity contribution is 5.89. The third kappa shape index (κ3) is 2.97. The second-order valence-corrected chi connectivity index (χ2v) is 6.27. The maximum absolute atomic E-state index is 12.2. The van der Waals surface area contributed by atoms with E-state index in [0.29, 0.717) is 25.6 Å². The number of carbonyl (C=O) groups excluding carboxylic acids is 2. The van der Waals surface area contributed by atoms with Crippen LogP contribution in [0.5, 0.6) is 0 Å². The fourth-order valence-corrected chi connectivity index (χ4v) is 3.64. The third-order valence-corrected chi connectivity index (χ3v) is 4.82. The fraction of sp³-hybridized carbons (Fsp3) is 0.867. The molecule has 5 nitrogen and oxygen atoms in total. The Kier molecular flexibility index (Phi) is 4.24. The molecule has 5 heteroatoms. The zero-order chi connectivity index (χ0) is 13.9. The molecule has 1 saturated carbocycles. The molecule has 2 amide bonds. The van der Waals surface area contributed by atoms with Gasteiger partial charge in [0.05, 0.1) is 12.0 Å². The predicted octanol–water partition coefficient (Wildman–Crippen LogP) is 1.07. The SMILES string of the molecule is O=C(NC[C@H]1CCCO1)[C@@H]1CC(=O)N(C2CCCC2)C1. The predicted molar refractivity (Wildman–Crippen MR) is 74.1 cm³/mol. The van der Waals surface area contributed by atoms with Crippen LogP contribution in [0, 0.1) is 5.92 Å². The molecule has 2 saturated heterocycles. The summed E-state index contributed by atoms with van der Waals surface area (Å²) >= 11 is 0. The van der Waals surface area contributed by atoms with Crippen molar-refractivity contribution in [3.63, 3.8) is 0 Å². The average Bonchev–Trinajstić information content (AvgIpc) is 3.17. The van der Waals surface area contributed by atoms with Crippen molar-refractivity contribution in [1.82, 2.24) is 10.2 Å². The standard InChI is InChI=1S/C15H24N2O3/c18-14-8-11(10-17(14)12-4-1-2-5-12)15(19)16-9-13-6-3-7-20-13/h11-13H,1-10H2,(H,16,19)/t11-,13-/m1/s1. The zero-order valence-corrected chi connectivity index (χ0v) is 12.0.